The van der Waals surface area contributed by atoms with Crippen LogP contribution in [0.4, 0.5) is 0 Å². The molecule has 4 nitrogen and oxygen atoms in total. The molecule has 0 radical (unpaired) electrons. The molecule has 2 aromatic rings. The second-order valence-corrected chi connectivity index (χ2v) is 5.48. The summed E-state index contributed by atoms with van der Waals surface area (Å²) in [5.41, 5.74) is 0. The molecule has 2 aromatic heterocycles. The van der Waals surface area contributed by atoms with Crippen LogP contribution in [0.3, 0.4) is 0 Å². The average Bonchev–Trinajstić information content (AvgIpc) is 2.29. The zero-order valence-electron chi connectivity index (χ0n) is 9.46. The molecule has 0 aliphatic rings. The van der Waals surface area contributed by atoms with Crippen LogP contribution in [0.15, 0.2) is 39.3 Å². The van der Waals surface area contributed by atoms with Gasteiger partial charge in [-0.25, -0.2) is 19.9 Å². The summed E-state index contributed by atoms with van der Waals surface area (Å²) in [6, 6.07) is 3.66. The minimum Gasteiger partial charge on any atom is -0.231 e. The van der Waals surface area contributed by atoms with E-state index < -0.39 is 0 Å². The first kappa shape index (κ1) is 12.4. The molecule has 0 amide bonds. The molecular weight excluding hydrogens is 300 g/mol. The lowest BCUT2D eigenvalue weighted by molar-refractivity contribution is 0.747. The molecule has 0 saturated heterocycles. The summed E-state index contributed by atoms with van der Waals surface area (Å²) in [5, 5.41) is 1.54. The normalized spacial score (nSPS) is 10.8. The van der Waals surface area contributed by atoms with Crippen LogP contribution in [0.1, 0.15) is 25.6 Å². The van der Waals surface area contributed by atoms with Crippen molar-refractivity contribution in [3.8, 4) is 0 Å². The number of hydrogen-bond donors (Lipinski definition) is 0. The fourth-order valence-corrected chi connectivity index (χ4v) is 2.43. The van der Waals surface area contributed by atoms with Crippen LogP contribution < -0.4 is 0 Å². The predicted molar refractivity (Wildman–Crippen MR) is 70.0 cm³/mol. The van der Waals surface area contributed by atoms with Gasteiger partial charge < -0.3 is 0 Å². The van der Waals surface area contributed by atoms with Gasteiger partial charge in [0.05, 0.1) is 0 Å². The maximum absolute atomic E-state index is 4.47. The third-order valence-corrected chi connectivity index (χ3v) is 3.16. The van der Waals surface area contributed by atoms with Gasteiger partial charge in [-0.3, -0.25) is 0 Å². The van der Waals surface area contributed by atoms with Gasteiger partial charge >= 0.3 is 0 Å². The molecule has 0 saturated carbocycles. The highest BCUT2D eigenvalue weighted by Crippen LogP contribution is 2.25. The van der Waals surface area contributed by atoms with Crippen molar-refractivity contribution in [3.63, 3.8) is 0 Å². The molecule has 0 fully saturated rings. The van der Waals surface area contributed by atoms with Crippen LogP contribution in [0.2, 0.25) is 0 Å². The molecule has 0 N–H and O–H groups in total. The Kier molecular flexibility index (Phi) is 4.06. The zero-order chi connectivity index (χ0) is 12.3. The maximum atomic E-state index is 4.47. The standard InChI is InChI=1S/C11H11BrN4S/c1-7(2)10-15-8(12)6-9(16-10)17-11-13-4-3-5-14-11/h3-7H,1-2H3. The van der Waals surface area contributed by atoms with Crippen LogP contribution >= 0.6 is 27.7 Å². The van der Waals surface area contributed by atoms with E-state index in [0.717, 1.165) is 15.5 Å². The highest BCUT2D eigenvalue weighted by atomic mass is 79.9. The minimum absolute atomic E-state index is 0.295. The minimum atomic E-state index is 0.295. The summed E-state index contributed by atoms with van der Waals surface area (Å²) in [4.78, 5) is 17.1. The zero-order valence-corrected chi connectivity index (χ0v) is 11.9. The summed E-state index contributed by atoms with van der Waals surface area (Å²) < 4.78 is 0.787. The van der Waals surface area contributed by atoms with Crippen molar-refractivity contribution in [3.05, 3.63) is 35.0 Å². The monoisotopic (exact) mass is 310 g/mol. The molecule has 0 atom stereocenters. The predicted octanol–water partition coefficient (Wildman–Crippen LogP) is 3.30. The van der Waals surface area contributed by atoms with Crippen molar-refractivity contribution in [2.24, 2.45) is 0 Å². The average molecular weight is 311 g/mol. The second kappa shape index (κ2) is 5.55. The Labute approximate surface area is 112 Å². The molecule has 0 unspecified atom stereocenters. The van der Waals surface area contributed by atoms with Gasteiger partial charge in [0.15, 0.2) is 5.16 Å². The van der Waals surface area contributed by atoms with Gasteiger partial charge in [-0.2, -0.15) is 0 Å². The molecule has 17 heavy (non-hydrogen) atoms. The van der Waals surface area contributed by atoms with Crippen LogP contribution in [0, 0.1) is 0 Å². The van der Waals surface area contributed by atoms with E-state index in [9.17, 15) is 0 Å². The molecule has 2 rings (SSSR count). The topological polar surface area (TPSA) is 51.6 Å². The fourth-order valence-electron chi connectivity index (χ4n) is 1.16. The van der Waals surface area contributed by atoms with E-state index in [4.69, 9.17) is 0 Å². The van der Waals surface area contributed by atoms with Crippen molar-refractivity contribution >= 4 is 27.7 Å². The molecule has 88 valence electrons. The summed E-state index contributed by atoms with van der Waals surface area (Å²) >= 11 is 4.82. The number of aromatic nitrogens is 4. The Morgan fingerprint density at radius 3 is 2.53 bits per heavy atom. The molecule has 6 heteroatoms. The third kappa shape index (κ3) is 3.47. The summed E-state index contributed by atoms with van der Waals surface area (Å²) in [5.74, 6) is 1.11. The number of nitrogens with zero attached hydrogens (tertiary/aromatic N) is 4. The highest BCUT2D eigenvalue weighted by molar-refractivity contribution is 9.10. The third-order valence-electron chi connectivity index (χ3n) is 1.94. The van der Waals surface area contributed by atoms with Gasteiger partial charge in [0.2, 0.25) is 0 Å². The van der Waals surface area contributed by atoms with Gasteiger partial charge in [-0.15, -0.1) is 0 Å². The largest absolute Gasteiger partial charge is 0.231 e. The number of halogens is 1. The Balaban J connectivity index is 2.27. The molecule has 0 aromatic carbocycles. The second-order valence-electron chi connectivity index (χ2n) is 3.68. The van der Waals surface area contributed by atoms with Crippen LogP contribution in [0.25, 0.3) is 0 Å². The summed E-state index contributed by atoms with van der Waals surface area (Å²) in [6.07, 6.45) is 3.43. The highest BCUT2D eigenvalue weighted by Gasteiger charge is 2.08. The Hall–Kier alpha value is -1.01. The van der Waals surface area contributed by atoms with Crippen molar-refractivity contribution < 1.29 is 0 Å². The van der Waals surface area contributed by atoms with Gasteiger partial charge in [-0.05, 0) is 33.8 Å². The Bertz CT molecular complexity index is 504. The fraction of sp³-hybridized carbons (Fsp3) is 0.273. The van der Waals surface area contributed by atoms with Crippen molar-refractivity contribution in [1.29, 1.82) is 0 Å². The molecule has 2 heterocycles. The van der Waals surface area contributed by atoms with Crippen molar-refractivity contribution in [1.82, 2.24) is 19.9 Å². The van der Waals surface area contributed by atoms with Crippen LogP contribution in [-0.4, -0.2) is 19.9 Å². The smallest absolute Gasteiger partial charge is 0.193 e. The summed E-state index contributed by atoms with van der Waals surface area (Å²) in [6.45, 7) is 4.13. The van der Waals surface area contributed by atoms with Crippen LogP contribution in [0.5, 0.6) is 0 Å². The maximum Gasteiger partial charge on any atom is 0.193 e. The molecule has 0 aliphatic carbocycles. The van der Waals surface area contributed by atoms with E-state index in [1.165, 1.54) is 11.8 Å². The van der Waals surface area contributed by atoms with Gasteiger partial charge in [0.1, 0.15) is 15.5 Å². The first-order valence-corrected chi connectivity index (χ1v) is 6.75. The van der Waals surface area contributed by atoms with E-state index in [0.29, 0.717) is 11.1 Å². The Morgan fingerprint density at radius 1 is 1.18 bits per heavy atom. The van der Waals surface area contributed by atoms with Gasteiger partial charge in [-0.1, -0.05) is 13.8 Å². The lowest BCUT2D eigenvalue weighted by Crippen LogP contribution is -1.99. The molecular formula is C11H11BrN4S. The van der Waals surface area contributed by atoms with E-state index in [-0.39, 0.29) is 0 Å². The quantitative estimate of drug-likeness (QED) is 0.643. The SMILES string of the molecule is CC(C)c1nc(Br)cc(Sc2ncccn2)n1. The molecule has 0 spiro atoms. The van der Waals surface area contributed by atoms with Crippen molar-refractivity contribution in [2.75, 3.05) is 0 Å². The Morgan fingerprint density at radius 2 is 1.88 bits per heavy atom. The van der Waals surface area contributed by atoms with Crippen molar-refractivity contribution in [2.45, 2.75) is 29.9 Å². The van der Waals surface area contributed by atoms with E-state index in [1.807, 2.05) is 6.07 Å². The number of rotatable bonds is 3. The van der Waals surface area contributed by atoms with Gasteiger partial charge in [0.25, 0.3) is 0 Å². The van der Waals surface area contributed by atoms with E-state index in [1.54, 1.807) is 18.5 Å². The lowest BCUT2D eigenvalue weighted by Gasteiger charge is -2.06. The molecule has 0 aliphatic heterocycles. The lowest BCUT2D eigenvalue weighted by atomic mass is 10.2. The first-order chi connectivity index (χ1) is 8.15. The van der Waals surface area contributed by atoms with Gasteiger partial charge in [0, 0.05) is 24.4 Å². The first-order valence-electron chi connectivity index (χ1n) is 5.14. The number of hydrogen-bond acceptors (Lipinski definition) is 5. The van der Waals surface area contributed by atoms with E-state index in [2.05, 4.69) is 49.7 Å². The summed E-state index contributed by atoms with van der Waals surface area (Å²) in [7, 11) is 0. The molecule has 0 bridgehead atoms. The van der Waals surface area contributed by atoms with Crippen LogP contribution in [-0.2, 0) is 0 Å². The van der Waals surface area contributed by atoms with E-state index >= 15 is 0 Å².